The molecule has 0 aliphatic carbocycles. The molecule has 0 spiro atoms. The van der Waals surface area contributed by atoms with Gasteiger partial charge in [0.15, 0.2) is 6.29 Å². The summed E-state index contributed by atoms with van der Waals surface area (Å²) in [6.45, 7) is 17.7. The highest BCUT2D eigenvalue weighted by Crippen LogP contribution is 2.42. The molecule has 4 atom stereocenters. The van der Waals surface area contributed by atoms with Gasteiger partial charge < -0.3 is 14.2 Å². The van der Waals surface area contributed by atoms with Crippen molar-refractivity contribution in [2.75, 3.05) is 0 Å². The molecule has 1 aliphatic rings. The molecule has 0 aromatic rings. The molecule has 132 valence electrons. The molecule has 0 bridgehead atoms. The standard InChI is InChI=1S/C19H32O4/c1-9-12(4)13(5)17(21-14(6)20)18-19(7,8)15(10-2)22-16(11-3)23-18/h11,15-18H,3,9-10H2,1-2,4-8H3/b13-12+/t15-,16?,17-,18-/m0/s1. The van der Waals surface area contributed by atoms with E-state index < -0.39 is 12.4 Å². The number of allylic oxidation sites excluding steroid dienone is 1. The molecule has 0 saturated carbocycles. The van der Waals surface area contributed by atoms with Gasteiger partial charge in [0, 0.05) is 12.3 Å². The van der Waals surface area contributed by atoms with Crippen molar-refractivity contribution in [3.8, 4) is 0 Å². The third kappa shape index (κ3) is 4.45. The Morgan fingerprint density at radius 2 is 1.87 bits per heavy atom. The topological polar surface area (TPSA) is 44.8 Å². The average Bonchev–Trinajstić information content (AvgIpc) is 2.50. The molecular formula is C19H32O4. The molecule has 0 N–H and O–H groups in total. The number of ether oxygens (including phenoxy) is 3. The monoisotopic (exact) mass is 324 g/mol. The minimum atomic E-state index is -0.481. The summed E-state index contributed by atoms with van der Waals surface area (Å²) in [5.41, 5.74) is 1.98. The molecule has 4 heteroatoms. The Morgan fingerprint density at radius 3 is 2.30 bits per heavy atom. The van der Waals surface area contributed by atoms with Gasteiger partial charge in [0.25, 0.3) is 0 Å². The first-order chi connectivity index (χ1) is 10.7. The van der Waals surface area contributed by atoms with Gasteiger partial charge in [-0.15, -0.1) is 0 Å². The van der Waals surface area contributed by atoms with Crippen molar-refractivity contribution in [3.05, 3.63) is 23.8 Å². The van der Waals surface area contributed by atoms with Crippen LogP contribution in [0, 0.1) is 5.41 Å². The van der Waals surface area contributed by atoms with E-state index in [1.807, 2.05) is 6.92 Å². The molecule has 0 aromatic carbocycles. The Morgan fingerprint density at radius 1 is 1.26 bits per heavy atom. The first-order valence-corrected chi connectivity index (χ1v) is 8.45. The van der Waals surface area contributed by atoms with Crippen molar-refractivity contribution in [1.82, 2.24) is 0 Å². The molecule has 0 radical (unpaired) electrons. The molecule has 1 fully saturated rings. The zero-order valence-electron chi connectivity index (χ0n) is 15.6. The average molecular weight is 324 g/mol. The van der Waals surface area contributed by atoms with Crippen LogP contribution >= 0.6 is 0 Å². The number of hydrogen-bond donors (Lipinski definition) is 0. The van der Waals surface area contributed by atoms with Crippen LogP contribution < -0.4 is 0 Å². The van der Waals surface area contributed by atoms with Crippen LogP contribution in [0.15, 0.2) is 23.8 Å². The summed E-state index contributed by atoms with van der Waals surface area (Å²) in [6.07, 6.45) is 2.26. The maximum absolute atomic E-state index is 11.7. The molecular weight excluding hydrogens is 292 g/mol. The molecule has 1 unspecified atom stereocenters. The summed E-state index contributed by atoms with van der Waals surface area (Å²) in [5.74, 6) is -0.299. The van der Waals surface area contributed by atoms with Gasteiger partial charge in [-0.05, 0) is 38.3 Å². The lowest BCUT2D eigenvalue weighted by Crippen LogP contribution is -2.57. The van der Waals surface area contributed by atoms with E-state index in [2.05, 4.69) is 41.2 Å². The smallest absolute Gasteiger partial charge is 0.303 e. The van der Waals surface area contributed by atoms with Gasteiger partial charge in [-0.1, -0.05) is 39.8 Å². The number of hydrogen-bond acceptors (Lipinski definition) is 4. The van der Waals surface area contributed by atoms with Gasteiger partial charge >= 0.3 is 5.97 Å². The van der Waals surface area contributed by atoms with E-state index in [0.717, 1.165) is 18.4 Å². The number of carbonyl (C=O) groups excluding carboxylic acids is 1. The van der Waals surface area contributed by atoms with Crippen molar-refractivity contribution in [1.29, 1.82) is 0 Å². The summed E-state index contributed by atoms with van der Waals surface area (Å²) in [6, 6.07) is 0. The Balaban J connectivity index is 3.29. The fraction of sp³-hybridized carbons (Fsp3) is 0.737. The van der Waals surface area contributed by atoms with Crippen molar-refractivity contribution in [3.63, 3.8) is 0 Å². The summed E-state index contributed by atoms with van der Waals surface area (Å²) >= 11 is 0. The van der Waals surface area contributed by atoms with E-state index in [4.69, 9.17) is 14.2 Å². The van der Waals surface area contributed by atoms with Crippen molar-refractivity contribution < 1.29 is 19.0 Å². The first-order valence-electron chi connectivity index (χ1n) is 8.45. The Kier molecular flexibility index (Phi) is 7.02. The zero-order chi connectivity index (χ0) is 17.8. The molecule has 23 heavy (non-hydrogen) atoms. The van der Waals surface area contributed by atoms with Gasteiger partial charge in [0.1, 0.15) is 12.2 Å². The lowest BCUT2D eigenvalue weighted by atomic mass is 9.74. The van der Waals surface area contributed by atoms with Crippen LogP contribution in [0.1, 0.15) is 61.3 Å². The van der Waals surface area contributed by atoms with Crippen LogP contribution in [0.2, 0.25) is 0 Å². The van der Waals surface area contributed by atoms with E-state index in [1.165, 1.54) is 12.5 Å². The Labute approximate surface area is 140 Å². The van der Waals surface area contributed by atoms with Crippen LogP contribution in [0.4, 0.5) is 0 Å². The van der Waals surface area contributed by atoms with Crippen LogP contribution in [0.25, 0.3) is 0 Å². The van der Waals surface area contributed by atoms with Gasteiger partial charge in [-0.3, -0.25) is 4.79 Å². The molecule has 1 rings (SSSR count). The van der Waals surface area contributed by atoms with Gasteiger partial charge in [-0.2, -0.15) is 0 Å². The second-order valence-corrected chi connectivity index (χ2v) is 6.86. The summed E-state index contributed by atoms with van der Waals surface area (Å²) in [5, 5.41) is 0. The van der Waals surface area contributed by atoms with Crippen molar-refractivity contribution in [2.24, 2.45) is 5.41 Å². The summed E-state index contributed by atoms with van der Waals surface area (Å²) in [4.78, 5) is 11.7. The molecule has 0 aromatic heterocycles. The lowest BCUT2D eigenvalue weighted by Gasteiger charge is -2.49. The first kappa shape index (κ1) is 19.9. The summed E-state index contributed by atoms with van der Waals surface area (Å²) < 4.78 is 17.7. The van der Waals surface area contributed by atoms with Crippen LogP contribution in [-0.2, 0) is 19.0 Å². The van der Waals surface area contributed by atoms with Crippen molar-refractivity contribution >= 4 is 5.97 Å². The molecule has 1 heterocycles. The molecule has 0 amide bonds. The second-order valence-electron chi connectivity index (χ2n) is 6.86. The predicted octanol–water partition coefficient (Wildman–Crippen LogP) is 4.40. The zero-order valence-corrected chi connectivity index (χ0v) is 15.6. The normalized spacial score (nSPS) is 29.4. The van der Waals surface area contributed by atoms with Crippen molar-refractivity contribution in [2.45, 2.75) is 85.9 Å². The second kappa shape index (κ2) is 8.11. The highest BCUT2D eigenvalue weighted by Gasteiger charge is 2.49. The van der Waals surface area contributed by atoms with E-state index >= 15 is 0 Å². The number of carbonyl (C=O) groups is 1. The highest BCUT2D eigenvalue weighted by atomic mass is 16.7. The third-order valence-corrected chi connectivity index (χ3v) is 4.90. The molecule has 4 nitrogen and oxygen atoms in total. The maximum atomic E-state index is 11.7. The summed E-state index contributed by atoms with van der Waals surface area (Å²) in [7, 11) is 0. The van der Waals surface area contributed by atoms with E-state index in [-0.39, 0.29) is 23.6 Å². The fourth-order valence-electron chi connectivity index (χ4n) is 3.15. The number of rotatable bonds is 6. The highest BCUT2D eigenvalue weighted by molar-refractivity contribution is 5.66. The van der Waals surface area contributed by atoms with Crippen LogP contribution in [0.5, 0.6) is 0 Å². The largest absolute Gasteiger partial charge is 0.455 e. The SMILES string of the molecule is C=CC1O[C@@H](CC)C(C)(C)[C@H]([C@@H](OC(C)=O)/C(C)=C(\C)CC)O1. The minimum absolute atomic E-state index is 0.0111. The van der Waals surface area contributed by atoms with Crippen LogP contribution in [-0.4, -0.2) is 30.6 Å². The van der Waals surface area contributed by atoms with E-state index in [1.54, 1.807) is 6.08 Å². The van der Waals surface area contributed by atoms with Gasteiger partial charge in [0.2, 0.25) is 0 Å². The lowest BCUT2D eigenvalue weighted by molar-refractivity contribution is -0.291. The fourth-order valence-corrected chi connectivity index (χ4v) is 3.15. The third-order valence-electron chi connectivity index (χ3n) is 4.90. The van der Waals surface area contributed by atoms with Gasteiger partial charge in [0.05, 0.1) is 6.10 Å². The maximum Gasteiger partial charge on any atom is 0.303 e. The molecule has 1 aliphatic heterocycles. The quantitative estimate of drug-likeness (QED) is 0.537. The van der Waals surface area contributed by atoms with E-state index in [9.17, 15) is 4.79 Å². The van der Waals surface area contributed by atoms with E-state index in [0.29, 0.717) is 0 Å². The van der Waals surface area contributed by atoms with Gasteiger partial charge in [-0.25, -0.2) is 0 Å². The van der Waals surface area contributed by atoms with Crippen LogP contribution in [0.3, 0.4) is 0 Å². The Hall–Kier alpha value is -1.13. The molecule has 1 saturated heterocycles. The Bertz CT molecular complexity index is 464. The number of esters is 1. The minimum Gasteiger partial charge on any atom is -0.455 e. The predicted molar refractivity (Wildman–Crippen MR) is 92.0 cm³/mol.